The van der Waals surface area contributed by atoms with Crippen molar-refractivity contribution in [1.29, 1.82) is 0 Å². The van der Waals surface area contributed by atoms with E-state index in [0.717, 1.165) is 36.6 Å². The van der Waals surface area contributed by atoms with E-state index in [1.807, 2.05) is 11.3 Å². The molecular formula is C15H21N3S2. The molecule has 0 aliphatic heterocycles. The molecule has 2 aromatic rings. The minimum Gasteiger partial charge on any atom is -0.362 e. The number of aryl methyl sites for hydroxylation is 1. The summed E-state index contributed by atoms with van der Waals surface area (Å²) < 4.78 is 0. The van der Waals surface area contributed by atoms with Gasteiger partial charge in [-0.1, -0.05) is 13.8 Å². The summed E-state index contributed by atoms with van der Waals surface area (Å²) >= 11 is 3.55. The van der Waals surface area contributed by atoms with Gasteiger partial charge in [0.15, 0.2) is 5.13 Å². The Morgan fingerprint density at radius 2 is 2.10 bits per heavy atom. The molecule has 0 bridgehead atoms. The first-order valence-electron chi connectivity index (χ1n) is 7.51. The molecule has 5 heteroatoms. The highest BCUT2D eigenvalue weighted by Crippen LogP contribution is 2.46. The van der Waals surface area contributed by atoms with E-state index in [-0.39, 0.29) is 0 Å². The largest absolute Gasteiger partial charge is 0.362 e. The van der Waals surface area contributed by atoms with Gasteiger partial charge in [0.2, 0.25) is 0 Å². The molecule has 20 heavy (non-hydrogen) atoms. The molecule has 1 fully saturated rings. The second kappa shape index (κ2) is 6.22. The average molecular weight is 307 g/mol. The summed E-state index contributed by atoms with van der Waals surface area (Å²) in [5.41, 5.74) is 2.43. The zero-order chi connectivity index (χ0) is 13.9. The fraction of sp³-hybridized carbons (Fsp3) is 0.600. The Bertz CT molecular complexity index is 569. The molecular weight excluding hydrogens is 286 g/mol. The van der Waals surface area contributed by atoms with Crippen LogP contribution in [0.3, 0.4) is 0 Å². The van der Waals surface area contributed by atoms with E-state index in [1.165, 1.54) is 28.4 Å². The van der Waals surface area contributed by atoms with Crippen molar-refractivity contribution in [2.75, 3.05) is 11.9 Å². The molecule has 0 radical (unpaired) electrons. The maximum Gasteiger partial charge on any atom is 0.183 e. The number of thiazole rings is 2. The standard InChI is InChI=1S/C15H21N3S2/c1-3-5-12-18-13(10-6-7-10)14(20-12)11-9-19-15(17-11)16-8-4-2/h9-10H,3-8H2,1-2H3,(H,16,17). The van der Waals surface area contributed by atoms with Crippen LogP contribution in [0.5, 0.6) is 0 Å². The van der Waals surface area contributed by atoms with Crippen molar-refractivity contribution in [3.63, 3.8) is 0 Å². The predicted molar refractivity (Wildman–Crippen MR) is 88.0 cm³/mol. The fourth-order valence-electron chi connectivity index (χ4n) is 2.21. The lowest BCUT2D eigenvalue weighted by molar-refractivity contribution is 0.892. The third-order valence-corrected chi connectivity index (χ3v) is 5.34. The summed E-state index contributed by atoms with van der Waals surface area (Å²) in [6, 6.07) is 0. The van der Waals surface area contributed by atoms with Crippen LogP contribution in [0, 0.1) is 0 Å². The Morgan fingerprint density at radius 3 is 2.80 bits per heavy atom. The lowest BCUT2D eigenvalue weighted by Crippen LogP contribution is -1.98. The molecule has 2 aromatic heterocycles. The van der Waals surface area contributed by atoms with Crippen molar-refractivity contribution in [2.45, 2.75) is 51.9 Å². The molecule has 0 saturated heterocycles. The summed E-state index contributed by atoms with van der Waals surface area (Å²) in [7, 11) is 0. The maximum absolute atomic E-state index is 4.87. The average Bonchev–Trinajstić information content (AvgIpc) is 3.04. The summed E-state index contributed by atoms with van der Waals surface area (Å²) in [5.74, 6) is 0.695. The lowest BCUT2D eigenvalue weighted by Gasteiger charge is -1.98. The molecule has 3 rings (SSSR count). The van der Waals surface area contributed by atoms with Gasteiger partial charge in [-0.3, -0.25) is 0 Å². The Hall–Kier alpha value is -0.940. The van der Waals surface area contributed by atoms with Crippen LogP contribution in [0.4, 0.5) is 5.13 Å². The molecule has 1 aliphatic carbocycles. The number of nitrogens with one attached hydrogen (secondary N) is 1. The van der Waals surface area contributed by atoms with E-state index >= 15 is 0 Å². The topological polar surface area (TPSA) is 37.8 Å². The van der Waals surface area contributed by atoms with Crippen molar-refractivity contribution >= 4 is 27.8 Å². The monoisotopic (exact) mass is 307 g/mol. The van der Waals surface area contributed by atoms with Crippen molar-refractivity contribution in [3.05, 3.63) is 16.1 Å². The number of anilines is 1. The van der Waals surface area contributed by atoms with Gasteiger partial charge in [-0.05, 0) is 32.1 Å². The van der Waals surface area contributed by atoms with Crippen LogP contribution < -0.4 is 5.32 Å². The highest BCUT2D eigenvalue weighted by atomic mass is 32.1. The Morgan fingerprint density at radius 1 is 1.25 bits per heavy atom. The molecule has 0 unspecified atom stereocenters. The van der Waals surface area contributed by atoms with E-state index in [4.69, 9.17) is 9.97 Å². The molecule has 0 atom stereocenters. The van der Waals surface area contributed by atoms with Crippen LogP contribution in [-0.2, 0) is 6.42 Å². The summed E-state index contributed by atoms with van der Waals surface area (Å²) in [4.78, 5) is 10.9. The number of hydrogen-bond acceptors (Lipinski definition) is 5. The van der Waals surface area contributed by atoms with E-state index < -0.39 is 0 Å². The zero-order valence-corrected chi connectivity index (χ0v) is 13.7. The van der Waals surface area contributed by atoms with Crippen molar-refractivity contribution in [3.8, 4) is 10.6 Å². The summed E-state index contributed by atoms with van der Waals surface area (Å²) in [6.45, 7) is 5.38. The van der Waals surface area contributed by atoms with Gasteiger partial charge in [0.1, 0.15) is 0 Å². The Kier molecular flexibility index (Phi) is 4.36. The van der Waals surface area contributed by atoms with Crippen molar-refractivity contribution in [2.24, 2.45) is 0 Å². The summed E-state index contributed by atoms with van der Waals surface area (Å²) in [6.07, 6.45) is 5.98. The molecule has 108 valence electrons. The van der Waals surface area contributed by atoms with Crippen molar-refractivity contribution in [1.82, 2.24) is 9.97 Å². The molecule has 2 heterocycles. The van der Waals surface area contributed by atoms with Gasteiger partial charge < -0.3 is 5.32 Å². The highest BCUT2D eigenvalue weighted by molar-refractivity contribution is 7.16. The lowest BCUT2D eigenvalue weighted by atomic mass is 10.2. The Labute approximate surface area is 128 Å². The van der Waals surface area contributed by atoms with E-state index in [1.54, 1.807) is 11.3 Å². The molecule has 1 aliphatic rings. The second-order valence-corrected chi connectivity index (χ2v) is 7.25. The first-order chi connectivity index (χ1) is 9.81. The molecule has 0 spiro atoms. The third kappa shape index (κ3) is 3.04. The molecule has 3 nitrogen and oxygen atoms in total. The fourth-order valence-corrected chi connectivity index (χ4v) is 4.22. The molecule has 1 N–H and O–H groups in total. The van der Waals surface area contributed by atoms with E-state index in [0.29, 0.717) is 5.92 Å². The van der Waals surface area contributed by atoms with Crippen LogP contribution in [-0.4, -0.2) is 16.5 Å². The Balaban J connectivity index is 1.85. The van der Waals surface area contributed by atoms with Crippen LogP contribution in [0.2, 0.25) is 0 Å². The number of aromatic nitrogens is 2. The van der Waals surface area contributed by atoms with Gasteiger partial charge in [-0.25, -0.2) is 9.97 Å². The smallest absolute Gasteiger partial charge is 0.183 e. The first kappa shape index (κ1) is 14.0. The molecule has 0 amide bonds. The van der Waals surface area contributed by atoms with Crippen LogP contribution in [0.25, 0.3) is 10.6 Å². The van der Waals surface area contributed by atoms with Gasteiger partial charge in [0.05, 0.1) is 21.3 Å². The van der Waals surface area contributed by atoms with E-state index in [9.17, 15) is 0 Å². The minimum atomic E-state index is 0.695. The van der Waals surface area contributed by atoms with E-state index in [2.05, 4.69) is 24.5 Å². The first-order valence-corrected chi connectivity index (χ1v) is 9.20. The highest BCUT2D eigenvalue weighted by Gasteiger charge is 2.30. The molecule has 0 aromatic carbocycles. The normalized spacial score (nSPS) is 14.7. The second-order valence-electron chi connectivity index (χ2n) is 5.31. The third-order valence-electron chi connectivity index (χ3n) is 3.39. The van der Waals surface area contributed by atoms with Gasteiger partial charge in [0, 0.05) is 17.8 Å². The minimum absolute atomic E-state index is 0.695. The quantitative estimate of drug-likeness (QED) is 0.789. The number of rotatable bonds is 7. The van der Waals surface area contributed by atoms with Gasteiger partial charge in [0.25, 0.3) is 0 Å². The van der Waals surface area contributed by atoms with Gasteiger partial charge in [-0.2, -0.15) is 0 Å². The van der Waals surface area contributed by atoms with Crippen LogP contribution >= 0.6 is 22.7 Å². The predicted octanol–water partition coefficient (Wildman–Crippen LogP) is 4.92. The maximum atomic E-state index is 4.87. The number of hydrogen-bond donors (Lipinski definition) is 1. The summed E-state index contributed by atoms with van der Waals surface area (Å²) in [5, 5.41) is 7.86. The SMILES string of the molecule is CCCNc1nc(-c2sc(CCC)nc2C2CC2)cs1. The number of nitrogens with zero attached hydrogens (tertiary/aromatic N) is 2. The van der Waals surface area contributed by atoms with Gasteiger partial charge >= 0.3 is 0 Å². The van der Waals surface area contributed by atoms with Crippen LogP contribution in [0.1, 0.15) is 56.2 Å². The van der Waals surface area contributed by atoms with Crippen molar-refractivity contribution < 1.29 is 0 Å². The molecule has 1 saturated carbocycles. The zero-order valence-electron chi connectivity index (χ0n) is 12.1. The van der Waals surface area contributed by atoms with Crippen LogP contribution in [0.15, 0.2) is 5.38 Å². The van der Waals surface area contributed by atoms with Gasteiger partial charge in [-0.15, -0.1) is 22.7 Å².